The van der Waals surface area contributed by atoms with Crippen LogP contribution in [0.15, 0.2) is 18.2 Å². The van der Waals surface area contributed by atoms with E-state index in [0.717, 1.165) is 37.3 Å². The van der Waals surface area contributed by atoms with Crippen LogP contribution in [0.25, 0.3) is 22.3 Å². The number of hydrogen-bond acceptors (Lipinski definition) is 12. The van der Waals surface area contributed by atoms with Crippen LogP contribution < -0.4 is 20.7 Å². The fraction of sp³-hybridized carbons (Fsp3) is 0.595. The molecule has 5 fully saturated rings. The van der Waals surface area contributed by atoms with Crippen LogP contribution in [0.1, 0.15) is 55.3 Å². The normalized spacial score (nSPS) is 28.0. The van der Waals surface area contributed by atoms with Crippen molar-refractivity contribution < 1.29 is 36.6 Å². The highest BCUT2D eigenvalue weighted by molar-refractivity contribution is 5.95. The van der Waals surface area contributed by atoms with Gasteiger partial charge in [0.2, 0.25) is 0 Å². The molecule has 0 aromatic carbocycles. The van der Waals surface area contributed by atoms with Crippen molar-refractivity contribution in [2.75, 3.05) is 63.2 Å². The van der Waals surface area contributed by atoms with E-state index in [1.54, 1.807) is 4.90 Å². The number of aromatic nitrogens is 4. The summed E-state index contributed by atoms with van der Waals surface area (Å²) in [4.78, 5) is 37.0. The fourth-order valence-electron chi connectivity index (χ4n) is 9.77. The van der Waals surface area contributed by atoms with Gasteiger partial charge in [-0.05, 0) is 63.5 Å². The molecule has 13 nitrogen and oxygen atoms in total. The van der Waals surface area contributed by atoms with Crippen LogP contribution in [-0.2, 0) is 22.1 Å². The van der Waals surface area contributed by atoms with E-state index < -0.39 is 34.5 Å². The number of nitrogen functional groups attached to an aromatic ring is 1. The summed E-state index contributed by atoms with van der Waals surface area (Å²) in [6.45, 7) is 9.09. The summed E-state index contributed by atoms with van der Waals surface area (Å²) in [6, 6.07) is 1.40. The van der Waals surface area contributed by atoms with Crippen LogP contribution in [0.3, 0.4) is 0 Å². The summed E-state index contributed by atoms with van der Waals surface area (Å²) in [5, 5.41) is 4.07. The Morgan fingerprint density at radius 2 is 1.94 bits per heavy atom. The first-order valence-electron chi connectivity index (χ1n) is 18.7. The first-order chi connectivity index (χ1) is 25.9. The Kier molecular flexibility index (Phi) is 8.61. The topological polar surface area (TPSA) is 144 Å². The largest absolute Gasteiger partial charge is 0.461 e. The van der Waals surface area contributed by atoms with Gasteiger partial charge >= 0.3 is 18.3 Å². The van der Waals surface area contributed by atoms with E-state index in [9.17, 15) is 18.0 Å². The second-order valence-electron chi connectivity index (χ2n) is 15.6. The molecule has 1 amide bonds. The van der Waals surface area contributed by atoms with Gasteiger partial charge < -0.3 is 35.1 Å². The van der Waals surface area contributed by atoms with Gasteiger partial charge in [-0.3, -0.25) is 4.90 Å². The van der Waals surface area contributed by atoms with Crippen LogP contribution in [0.4, 0.5) is 34.0 Å². The van der Waals surface area contributed by atoms with E-state index in [1.807, 2.05) is 0 Å². The van der Waals surface area contributed by atoms with Gasteiger partial charge in [0.05, 0.1) is 35.4 Å². The summed E-state index contributed by atoms with van der Waals surface area (Å²) in [7, 11) is 0. The van der Waals surface area contributed by atoms with E-state index in [0.29, 0.717) is 75.6 Å². The molecular formula is C37H43F4N9O4. The number of nitrogens with two attached hydrogens (primary N) is 1. The number of pyridine rings is 2. The van der Waals surface area contributed by atoms with Gasteiger partial charge in [-0.2, -0.15) is 23.1 Å². The van der Waals surface area contributed by atoms with Crippen molar-refractivity contribution in [2.24, 2.45) is 0 Å². The van der Waals surface area contributed by atoms with Crippen LogP contribution in [0, 0.1) is 12.7 Å². The number of piperazine rings is 1. The second-order valence-corrected chi connectivity index (χ2v) is 15.6. The third-order valence-corrected chi connectivity index (χ3v) is 12.2. The third-order valence-electron chi connectivity index (χ3n) is 12.2. The first-order valence-corrected chi connectivity index (χ1v) is 18.7. The van der Waals surface area contributed by atoms with Crippen molar-refractivity contribution in [1.82, 2.24) is 35.1 Å². The average Bonchev–Trinajstić information content (AvgIpc) is 3.75. The predicted octanol–water partition coefficient (Wildman–Crippen LogP) is 4.40. The van der Waals surface area contributed by atoms with Crippen molar-refractivity contribution in [3.05, 3.63) is 40.9 Å². The van der Waals surface area contributed by atoms with Crippen LogP contribution in [0.5, 0.6) is 6.01 Å². The Hall–Kier alpha value is -4.35. The maximum absolute atomic E-state index is 17.0. The highest BCUT2D eigenvalue weighted by Gasteiger charge is 2.52. The number of anilines is 2. The Morgan fingerprint density at radius 1 is 1.13 bits per heavy atom. The third kappa shape index (κ3) is 5.98. The molecule has 3 N–H and O–H groups in total. The molecule has 288 valence electrons. The van der Waals surface area contributed by atoms with E-state index in [4.69, 9.17) is 24.9 Å². The molecule has 9 rings (SSSR count). The molecule has 3 aromatic rings. The lowest BCUT2D eigenvalue weighted by Crippen LogP contribution is -2.58. The number of nitrogens with one attached hydrogen (secondary N) is 1. The molecule has 9 heterocycles. The summed E-state index contributed by atoms with van der Waals surface area (Å²) in [5.41, 5.74) is 4.21. The van der Waals surface area contributed by atoms with Gasteiger partial charge in [0.15, 0.2) is 5.82 Å². The molecule has 0 radical (unpaired) electrons. The van der Waals surface area contributed by atoms with E-state index in [1.165, 1.54) is 6.92 Å². The number of amides is 1. The quantitative estimate of drug-likeness (QED) is 0.272. The van der Waals surface area contributed by atoms with Gasteiger partial charge in [-0.25, -0.2) is 19.2 Å². The monoisotopic (exact) mass is 753 g/mol. The number of ether oxygens (including phenoxy) is 3. The number of halogens is 4. The van der Waals surface area contributed by atoms with Crippen molar-refractivity contribution in [1.29, 1.82) is 0 Å². The minimum atomic E-state index is -4.84. The van der Waals surface area contributed by atoms with Gasteiger partial charge in [-0.1, -0.05) is 12.2 Å². The molecule has 54 heavy (non-hydrogen) atoms. The summed E-state index contributed by atoms with van der Waals surface area (Å²) in [5.74, 6) is -0.748. The average molecular weight is 754 g/mol. The maximum Gasteiger partial charge on any atom is 0.418 e. The molecule has 5 unspecified atom stereocenters. The minimum Gasteiger partial charge on any atom is -0.461 e. The molecule has 0 spiro atoms. The Labute approximate surface area is 309 Å². The zero-order valence-electron chi connectivity index (χ0n) is 30.1. The lowest BCUT2D eigenvalue weighted by Gasteiger charge is -2.41. The van der Waals surface area contributed by atoms with Crippen LogP contribution in [-0.4, -0.2) is 118 Å². The Bertz CT molecular complexity index is 2030. The van der Waals surface area contributed by atoms with E-state index in [-0.39, 0.29) is 66.4 Å². The number of morpholine rings is 1. The Morgan fingerprint density at radius 3 is 2.74 bits per heavy atom. The zero-order valence-corrected chi connectivity index (χ0v) is 30.1. The minimum absolute atomic E-state index is 0.0110. The highest BCUT2D eigenvalue weighted by Crippen LogP contribution is 2.46. The summed E-state index contributed by atoms with van der Waals surface area (Å²) in [6.07, 6.45) is -0.0601. The predicted molar refractivity (Wildman–Crippen MR) is 190 cm³/mol. The van der Waals surface area contributed by atoms with E-state index >= 15 is 4.39 Å². The molecular weight excluding hydrogens is 710 g/mol. The number of fused-ring (bicyclic) bond motifs is 6. The molecule has 0 aliphatic carbocycles. The smallest absolute Gasteiger partial charge is 0.418 e. The summed E-state index contributed by atoms with van der Waals surface area (Å²) < 4.78 is 78.0. The SMILES string of the molecule is C=C1CN2C(COC(=O)N3CCOCC3)CCC2(COc2nc3c4c(nc(-c5nc(N)cc(C)c5C(F)(F)F)c(F)c4n2)CCC2C4CCC(CN32)N4)C1. The van der Waals surface area contributed by atoms with Gasteiger partial charge in [0.25, 0.3) is 0 Å². The molecule has 6 aliphatic heterocycles. The number of alkyl halides is 3. The van der Waals surface area contributed by atoms with Crippen LogP contribution >= 0.6 is 0 Å². The number of nitrogens with zero attached hydrogens (tertiary/aromatic N) is 7. The molecule has 6 aliphatic rings. The molecule has 5 saturated heterocycles. The van der Waals surface area contributed by atoms with Crippen LogP contribution in [0.2, 0.25) is 0 Å². The lowest BCUT2D eigenvalue weighted by molar-refractivity contribution is -0.137. The van der Waals surface area contributed by atoms with Crippen molar-refractivity contribution in [3.8, 4) is 17.4 Å². The maximum atomic E-state index is 17.0. The molecule has 17 heteroatoms. The zero-order chi connectivity index (χ0) is 37.5. The van der Waals surface area contributed by atoms with E-state index in [2.05, 4.69) is 36.6 Å². The standard InChI is InChI=1S/C37H43F4N9O4/c1-19-14-36(8-7-22(50(36)15-19)17-53-35(51)48-9-11-52-12-10-48)18-54-34-46-30-27-24(5-6-25-23-4-3-21(43-23)16-49(25)33(27)47-34)44-32(29(30)38)31-28(37(39,40)41)20(2)13-26(42)45-31/h13,21-23,25,43H,1,3-12,14-18H2,2H3,(H2,42,45). The van der Waals surface area contributed by atoms with Gasteiger partial charge in [0, 0.05) is 50.3 Å². The second kappa shape index (κ2) is 13.2. The highest BCUT2D eigenvalue weighted by atomic mass is 19.4. The van der Waals surface area contributed by atoms with Crippen molar-refractivity contribution in [3.63, 3.8) is 0 Å². The lowest BCUT2D eigenvalue weighted by atomic mass is 9.94. The number of carbonyl (C=O) groups is 1. The number of carbonyl (C=O) groups excluding carboxylic acids is 1. The number of hydrogen-bond donors (Lipinski definition) is 2. The molecule has 5 atom stereocenters. The van der Waals surface area contributed by atoms with Gasteiger partial charge in [0.1, 0.15) is 41.8 Å². The Balaban J connectivity index is 1.08. The van der Waals surface area contributed by atoms with Crippen molar-refractivity contribution in [2.45, 2.75) is 87.8 Å². The molecule has 2 bridgehead atoms. The summed E-state index contributed by atoms with van der Waals surface area (Å²) >= 11 is 0. The molecule has 3 aromatic heterocycles. The number of rotatable bonds is 6. The van der Waals surface area contributed by atoms with Crippen molar-refractivity contribution >= 4 is 28.6 Å². The number of aryl methyl sites for hydroxylation is 2. The fourth-order valence-corrected chi connectivity index (χ4v) is 9.77. The molecule has 0 saturated carbocycles. The first kappa shape index (κ1) is 35.4. The van der Waals surface area contributed by atoms with Gasteiger partial charge in [-0.15, -0.1) is 0 Å².